The number of ketones is 1. The number of carbonyl (C=O) groups is 2. The number of aromatic nitrogens is 1. The quantitative estimate of drug-likeness (QED) is 0.0548. The van der Waals surface area contributed by atoms with Crippen LogP contribution in [0.15, 0.2) is 107 Å². The van der Waals surface area contributed by atoms with Gasteiger partial charge < -0.3 is 14.4 Å². The van der Waals surface area contributed by atoms with Crippen molar-refractivity contribution in [3.8, 4) is 0 Å². The summed E-state index contributed by atoms with van der Waals surface area (Å²) in [6, 6.07) is 13.1. The van der Waals surface area contributed by atoms with Gasteiger partial charge in [0, 0.05) is 68.7 Å². The molecular formula is C38H37ClN2O5S. The Morgan fingerprint density at radius 1 is 1.04 bits per heavy atom. The molecule has 2 aromatic carbocycles. The number of benzene rings is 2. The molecule has 3 unspecified atom stereocenters. The lowest BCUT2D eigenvalue weighted by molar-refractivity contribution is 0.0393. The number of thioether (sulfide) groups is 1. The smallest absolute Gasteiger partial charge is 0.425 e. The van der Waals surface area contributed by atoms with Crippen molar-refractivity contribution < 1.29 is 24.3 Å². The number of fused-ring (bicyclic) bond motifs is 3. The molecule has 0 saturated heterocycles. The van der Waals surface area contributed by atoms with Crippen LogP contribution in [0.25, 0.3) is 17.0 Å². The zero-order valence-corrected chi connectivity index (χ0v) is 27.8. The number of oxime groups is 1. The van der Waals surface area contributed by atoms with Gasteiger partial charge in [0.1, 0.15) is 11.8 Å². The maximum atomic E-state index is 14.0. The number of allylic oxidation sites excluding steroid dienone is 5. The molecule has 0 amide bonds. The molecule has 242 valence electrons. The highest BCUT2D eigenvalue weighted by Gasteiger charge is 2.27. The second kappa shape index (κ2) is 15.2. The van der Waals surface area contributed by atoms with E-state index >= 15 is 0 Å². The molecular weight excluding hydrogens is 632 g/mol. The summed E-state index contributed by atoms with van der Waals surface area (Å²) < 4.78 is 7.63. The number of aryl methyl sites for hydroxylation is 1. The average Bonchev–Trinajstić information content (AvgIpc) is 3.43. The van der Waals surface area contributed by atoms with E-state index in [2.05, 4.69) is 34.9 Å². The molecule has 7 nitrogen and oxygen atoms in total. The standard InChI is InChI=1S/C38H37ClN2O5S/c1-2-41-34-19-13-26(36(42)25-9-5-3-6-10-25)23-31(34)32-24-27(14-20-35(32)41)37(43)33(21-22-47-30-17-15-28(39)16-18-30)40-46-38(44)45-29-11-7-4-8-12-29/h3-9,11,14-18,20,23-25,29,36,42H,2,10,12-13,19,21-22H2,1H3/b40-33+. The molecule has 0 bridgehead atoms. The number of aliphatic hydroxyl groups is 1. The summed E-state index contributed by atoms with van der Waals surface area (Å²) in [7, 11) is 0. The van der Waals surface area contributed by atoms with Crippen LogP contribution in [-0.4, -0.2) is 45.3 Å². The van der Waals surface area contributed by atoms with Crippen molar-refractivity contribution in [2.75, 3.05) is 5.75 Å². The number of hydrogen-bond acceptors (Lipinski definition) is 7. The minimum absolute atomic E-state index is 0.0475. The first-order valence-electron chi connectivity index (χ1n) is 16.0. The third kappa shape index (κ3) is 7.73. The molecule has 3 aliphatic carbocycles. The summed E-state index contributed by atoms with van der Waals surface area (Å²) in [5.74, 6) is 0.250. The minimum Gasteiger partial charge on any atom is -0.425 e. The van der Waals surface area contributed by atoms with Crippen LogP contribution in [-0.2, 0) is 22.5 Å². The molecule has 3 aliphatic rings. The predicted octanol–water partition coefficient (Wildman–Crippen LogP) is 8.90. The van der Waals surface area contributed by atoms with Gasteiger partial charge in [0.05, 0.1) is 6.10 Å². The third-order valence-corrected chi connectivity index (χ3v) is 9.94. The summed E-state index contributed by atoms with van der Waals surface area (Å²) in [4.78, 5) is 32.6. The summed E-state index contributed by atoms with van der Waals surface area (Å²) in [6.07, 6.45) is 18.9. The fourth-order valence-electron chi connectivity index (χ4n) is 6.28. The number of Topliss-reactive ketones (excluding diaryl/α,β-unsaturated/α-hetero) is 1. The van der Waals surface area contributed by atoms with Crippen molar-refractivity contribution in [1.82, 2.24) is 4.57 Å². The van der Waals surface area contributed by atoms with Gasteiger partial charge in [-0.15, -0.1) is 11.8 Å². The van der Waals surface area contributed by atoms with Crippen LogP contribution in [0.5, 0.6) is 0 Å². The van der Waals surface area contributed by atoms with Crippen molar-refractivity contribution >= 4 is 58.0 Å². The van der Waals surface area contributed by atoms with Crippen LogP contribution in [0.1, 0.15) is 54.2 Å². The van der Waals surface area contributed by atoms with Gasteiger partial charge in [-0.3, -0.25) is 9.63 Å². The van der Waals surface area contributed by atoms with Gasteiger partial charge >= 0.3 is 6.16 Å². The van der Waals surface area contributed by atoms with Gasteiger partial charge in [0.2, 0.25) is 5.78 Å². The summed E-state index contributed by atoms with van der Waals surface area (Å²) in [5, 5.41) is 16.9. The maximum Gasteiger partial charge on any atom is 0.535 e. The van der Waals surface area contributed by atoms with E-state index in [4.69, 9.17) is 21.2 Å². The van der Waals surface area contributed by atoms with Gasteiger partial charge in [-0.1, -0.05) is 65.4 Å². The van der Waals surface area contributed by atoms with Crippen molar-refractivity contribution in [2.24, 2.45) is 11.1 Å². The highest BCUT2D eigenvalue weighted by Crippen LogP contribution is 2.37. The van der Waals surface area contributed by atoms with Crippen molar-refractivity contribution in [3.05, 3.63) is 118 Å². The summed E-state index contributed by atoms with van der Waals surface area (Å²) in [5.41, 5.74) is 4.85. The monoisotopic (exact) mass is 668 g/mol. The molecule has 1 heterocycles. The van der Waals surface area contributed by atoms with E-state index in [-0.39, 0.29) is 23.8 Å². The maximum absolute atomic E-state index is 14.0. The Hall–Kier alpha value is -4.11. The molecule has 0 saturated carbocycles. The lowest BCUT2D eigenvalue weighted by atomic mass is 9.84. The van der Waals surface area contributed by atoms with Gasteiger partial charge in [-0.05, 0) is 80.3 Å². The van der Waals surface area contributed by atoms with E-state index in [0.29, 0.717) is 22.8 Å². The fourth-order valence-corrected chi connectivity index (χ4v) is 7.26. The predicted molar refractivity (Wildman–Crippen MR) is 189 cm³/mol. The molecule has 6 rings (SSSR count). The van der Waals surface area contributed by atoms with Gasteiger partial charge in [0.25, 0.3) is 0 Å². The molecule has 1 N–H and O–H groups in total. The molecule has 0 aliphatic heterocycles. The summed E-state index contributed by atoms with van der Waals surface area (Å²) in [6.45, 7) is 2.91. The van der Waals surface area contributed by atoms with E-state index in [9.17, 15) is 14.7 Å². The van der Waals surface area contributed by atoms with Crippen molar-refractivity contribution in [2.45, 2.75) is 62.7 Å². The number of nitrogens with zero attached hydrogens (tertiary/aromatic N) is 2. The minimum atomic E-state index is -0.963. The van der Waals surface area contributed by atoms with Crippen LogP contribution in [0.2, 0.25) is 5.02 Å². The Balaban J connectivity index is 1.27. The normalized spacial score (nSPS) is 19.4. The van der Waals surface area contributed by atoms with Crippen LogP contribution >= 0.6 is 23.4 Å². The molecule has 0 radical (unpaired) electrons. The Morgan fingerprint density at radius 3 is 2.55 bits per heavy atom. The number of carbonyl (C=O) groups excluding carboxylic acids is 2. The first-order valence-corrected chi connectivity index (χ1v) is 17.4. The largest absolute Gasteiger partial charge is 0.535 e. The van der Waals surface area contributed by atoms with Gasteiger partial charge in [0.15, 0.2) is 0 Å². The number of halogens is 1. The molecule has 1 aromatic heterocycles. The molecule has 3 atom stereocenters. The SMILES string of the molecule is CCn1c2c(c3cc(C(=O)/C(CCSc4ccc(Cl)cc4)=N/OC(=O)OC4C=CC=CC4)ccc31)C=C(C(O)C1C=CC=CC1)CC2. The van der Waals surface area contributed by atoms with Crippen LogP contribution < -0.4 is 0 Å². The van der Waals surface area contributed by atoms with E-state index in [1.807, 2.05) is 60.7 Å². The number of rotatable bonds is 11. The molecule has 0 fully saturated rings. The second-order valence-corrected chi connectivity index (χ2v) is 13.3. The lowest BCUT2D eigenvalue weighted by Gasteiger charge is -2.26. The zero-order valence-electron chi connectivity index (χ0n) is 26.2. The molecule has 47 heavy (non-hydrogen) atoms. The van der Waals surface area contributed by atoms with E-state index in [0.717, 1.165) is 52.7 Å². The topological polar surface area (TPSA) is 90.1 Å². The first-order chi connectivity index (χ1) is 22.9. The van der Waals surface area contributed by atoms with Crippen LogP contribution in [0, 0.1) is 5.92 Å². The van der Waals surface area contributed by atoms with E-state index in [1.165, 1.54) is 5.69 Å². The van der Waals surface area contributed by atoms with Crippen LogP contribution in [0.3, 0.4) is 0 Å². The van der Waals surface area contributed by atoms with E-state index < -0.39 is 18.4 Å². The Morgan fingerprint density at radius 2 is 1.83 bits per heavy atom. The highest BCUT2D eigenvalue weighted by molar-refractivity contribution is 7.99. The Kier molecular flexibility index (Phi) is 10.6. The molecule has 0 spiro atoms. The van der Waals surface area contributed by atoms with Crippen molar-refractivity contribution in [3.63, 3.8) is 0 Å². The number of hydrogen-bond donors (Lipinski definition) is 1. The number of aliphatic hydroxyl groups excluding tert-OH is 1. The Bertz CT molecular complexity index is 1830. The highest BCUT2D eigenvalue weighted by atomic mass is 35.5. The lowest BCUT2D eigenvalue weighted by Crippen LogP contribution is -2.23. The fraction of sp³-hybridized carbons (Fsp3) is 0.289. The van der Waals surface area contributed by atoms with Gasteiger partial charge in [-0.2, -0.15) is 0 Å². The van der Waals surface area contributed by atoms with E-state index in [1.54, 1.807) is 30.0 Å². The molecule has 3 aromatic rings. The average molecular weight is 669 g/mol. The Labute approximate surface area is 284 Å². The zero-order chi connectivity index (χ0) is 32.8. The number of ether oxygens (including phenoxy) is 1. The van der Waals surface area contributed by atoms with Crippen molar-refractivity contribution in [1.29, 1.82) is 0 Å². The van der Waals surface area contributed by atoms with Gasteiger partial charge in [-0.25, -0.2) is 4.79 Å². The first kappa shape index (κ1) is 32.8. The van der Waals surface area contributed by atoms with Crippen LogP contribution in [0.4, 0.5) is 4.79 Å². The third-order valence-electron chi connectivity index (χ3n) is 8.67. The summed E-state index contributed by atoms with van der Waals surface area (Å²) >= 11 is 7.59. The second-order valence-electron chi connectivity index (χ2n) is 11.7. The molecule has 9 heteroatoms.